The van der Waals surface area contributed by atoms with Gasteiger partial charge in [-0.3, -0.25) is 10.1 Å². The molecule has 1 N–H and O–H groups in total. The van der Waals surface area contributed by atoms with Crippen molar-refractivity contribution < 1.29 is 9.31 Å². The number of nitro benzene ring substituents is 1. The molecule has 0 bridgehead atoms. The van der Waals surface area contributed by atoms with Crippen molar-refractivity contribution in [1.82, 2.24) is 4.90 Å². The van der Waals surface area contributed by atoms with Gasteiger partial charge in [0.1, 0.15) is 11.5 Å². The Morgan fingerprint density at radius 2 is 2.26 bits per heavy atom. The van der Waals surface area contributed by atoms with Crippen molar-refractivity contribution in [3.63, 3.8) is 0 Å². The number of rotatable bonds is 3. The highest BCUT2D eigenvalue weighted by Gasteiger charge is 2.25. The lowest BCUT2D eigenvalue weighted by Gasteiger charge is -2.35. The normalized spacial score (nSPS) is 24.2. The maximum absolute atomic E-state index is 13.1. The Kier molecular flexibility index (Phi) is 3.99. The first-order valence-electron chi connectivity index (χ1n) is 6.38. The zero-order valence-electron chi connectivity index (χ0n) is 11.1. The maximum Gasteiger partial charge on any atom is 0.295 e. The second-order valence-corrected chi connectivity index (χ2v) is 5.11. The Hall–Kier alpha value is -1.69. The van der Waals surface area contributed by atoms with E-state index in [1.807, 2.05) is 0 Å². The highest BCUT2D eigenvalue weighted by Crippen LogP contribution is 2.28. The molecule has 1 aromatic carbocycles. The van der Waals surface area contributed by atoms with Gasteiger partial charge in [-0.25, -0.2) is 4.39 Å². The molecule has 1 aliphatic rings. The third-order valence-corrected chi connectivity index (χ3v) is 3.72. The molecule has 5 nitrogen and oxygen atoms in total. The van der Waals surface area contributed by atoms with E-state index in [1.165, 1.54) is 12.1 Å². The zero-order valence-corrected chi connectivity index (χ0v) is 11.1. The fourth-order valence-electron chi connectivity index (χ4n) is 2.42. The number of hydrogen-bond acceptors (Lipinski definition) is 4. The number of likely N-dealkylation sites (tertiary alicyclic amines) is 1. The van der Waals surface area contributed by atoms with Crippen LogP contribution in [0.15, 0.2) is 18.2 Å². The molecular formula is C13H18FN3O2. The summed E-state index contributed by atoms with van der Waals surface area (Å²) in [6.45, 7) is 3.08. The summed E-state index contributed by atoms with van der Waals surface area (Å²) in [5, 5.41) is 14.1. The quantitative estimate of drug-likeness (QED) is 0.675. The summed E-state index contributed by atoms with van der Waals surface area (Å²) in [4.78, 5) is 12.6. The molecule has 2 atom stereocenters. The first kappa shape index (κ1) is 13.7. The summed E-state index contributed by atoms with van der Waals surface area (Å²) >= 11 is 0. The fraction of sp³-hybridized carbons (Fsp3) is 0.538. The molecule has 0 saturated carbocycles. The van der Waals surface area contributed by atoms with E-state index in [0.29, 0.717) is 11.7 Å². The molecule has 1 aromatic rings. The van der Waals surface area contributed by atoms with Crippen molar-refractivity contribution >= 4 is 11.4 Å². The molecule has 1 aliphatic heterocycles. The third-order valence-electron chi connectivity index (χ3n) is 3.72. The minimum absolute atomic E-state index is 0.190. The average molecular weight is 267 g/mol. The van der Waals surface area contributed by atoms with E-state index < -0.39 is 10.7 Å². The van der Waals surface area contributed by atoms with E-state index in [-0.39, 0.29) is 11.7 Å². The summed E-state index contributed by atoms with van der Waals surface area (Å²) in [6.07, 6.45) is 1.85. The lowest BCUT2D eigenvalue weighted by atomic mass is 9.98. The molecule has 0 spiro atoms. The van der Waals surface area contributed by atoms with Crippen molar-refractivity contribution in [2.24, 2.45) is 0 Å². The Labute approximate surface area is 111 Å². The third kappa shape index (κ3) is 3.20. The van der Waals surface area contributed by atoms with Gasteiger partial charge in [-0.15, -0.1) is 0 Å². The van der Waals surface area contributed by atoms with Gasteiger partial charge in [0.05, 0.1) is 11.0 Å². The summed E-state index contributed by atoms with van der Waals surface area (Å²) in [5.74, 6) is -0.589. The lowest BCUT2D eigenvalue weighted by molar-refractivity contribution is -0.384. The van der Waals surface area contributed by atoms with Crippen LogP contribution in [0.2, 0.25) is 0 Å². The number of halogens is 1. The van der Waals surface area contributed by atoms with E-state index in [9.17, 15) is 14.5 Å². The molecule has 104 valence electrons. The topological polar surface area (TPSA) is 58.4 Å². The van der Waals surface area contributed by atoms with Crippen LogP contribution in [-0.2, 0) is 0 Å². The van der Waals surface area contributed by atoms with Gasteiger partial charge in [0, 0.05) is 18.6 Å². The number of nitrogens with zero attached hydrogens (tertiary/aromatic N) is 2. The summed E-state index contributed by atoms with van der Waals surface area (Å²) < 4.78 is 13.1. The highest BCUT2D eigenvalue weighted by molar-refractivity contribution is 5.61. The van der Waals surface area contributed by atoms with Crippen molar-refractivity contribution in [2.45, 2.75) is 31.8 Å². The molecule has 1 heterocycles. The second kappa shape index (κ2) is 5.52. The van der Waals surface area contributed by atoms with Gasteiger partial charge in [0.2, 0.25) is 0 Å². The lowest BCUT2D eigenvalue weighted by Crippen LogP contribution is -2.42. The molecule has 19 heavy (non-hydrogen) atoms. The van der Waals surface area contributed by atoms with Gasteiger partial charge < -0.3 is 10.2 Å². The van der Waals surface area contributed by atoms with Crippen LogP contribution < -0.4 is 5.32 Å². The molecule has 0 aromatic heterocycles. The van der Waals surface area contributed by atoms with Crippen LogP contribution in [0.1, 0.15) is 19.8 Å². The number of nitrogens with one attached hydrogen (secondary N) is 1. The van der Waals surface area contributed by atoms with Gasteiger partial charge in [-0.05, 0) is 38.9 Å². The minimum atomic E-state index is -0.589. The van der Waals surface area contributed by atoms with Gasteiger partial charge in [0.25, 0.3) is 5.69 Å². The molecule has 2 rings (SSSR count). The molecule has 0 radical (unpaired) electrons. The van der Waals surface area contributed by atoms with Crippen LogP contribution in [0.3, 0.4) is 0 Å². The first-order chi connectivity index (χ1) is 8.97. The van der Waals surface area contributed by atoms with Gasteiger partial charge in [-0.1, -0.05) is 0 Å². The van der Waals surface area contributed by atoms with Crippen LogP contribution in [0.4, 0.5) is 15.8 Å². The first-order valence-corrected chi connectivity index (χ1v) is 6.38. The van der Waals surface area contributed by atoms with E-state index in [1.54, 1.807) is 0 Å². The number of hydrogen-bond donors (Lipinski definition) is 1. The SMILES string of the molecule is CC1CC(Nc2ccc(F)cc2[N+](=O)[O-])CCN1C. The van der Waals surface area contributed by atoms with Gasteiger partial charge in [-0.2, -0.15) is 0 Å². The average Bonchev–Trinajstić information content (AvgIpc) is 2.36. The Morgan fingerprint density at radius 3 is 2.89 bits per heavy atom. The van der Waals surface area contributed by atoms with E-state index in [0.717, 1.165) is 25.5 Å². The monoisotopic (exact) mass is 267 g/mol. The Balaban J connectivity index is 2.13. The Bertz CT molecular complexity index is 481. The molecule has 1 fully saturated rings. The van der Waals surface area contributed by atoms with Crippen molar-refractivity contribution in [1.29, 1.82) is 0 Å². The number of nitro groups is 1. The number of benzene rings is 1. The molecule has 0 aliphatic carbocycles. The Morgan fingerprint density at radius 1 is 1.53 bits per heavy atom. The molecular weight excluding hydrogens is 249 g/mol. The van der Waals surface area contributed by atoms with E-state index in [2.05, 4.69) is 24.2 Å². The fourth-order valence-corrected chi connectivity index (χ4v) is 2.42. The predicted octanol–water partition coefficient (Wildman–Crippen LogP) is 2.63. The second-order valence-electron chi connectivity index (χ2n) is 5.11. The largest absolute Gasteiger partial charge is 0.377 e. The molecule has 2 unspecified atom stereocenters. The van der Waals surface area contributed by atoms with Gasteiger partial charge in [0.15, 0.2) is 0 Å². The van der Waals surface area contributed by atoms with Gasteiger partial charge >= 0.3 is 0 Å². The molecule has 6 heteroatoms. The molecule has 0 amide bonds. The van der Waals surface area contributed by atoms with Crippen LogP contribution in [0, 0.1) is 15.9 Å². The highest BCUT2D eigenvalue weighted by atomic mass is 19.1. The van der Waals surface area contributed by atoms with Crippen LogP contribution in [0.25, 0.3) is 0 Å². The maximum atomic E-state index is 13.1. The van der Waals surface area contributed by atoms with Crippen molar-refractivity contribution in [3.05, 3.63) is 34.1 Å². The summed E-state index contributed by atoms with van der Waals surface area (Å²) in [6, 6.07) is 4.27. The smallest absolute Gasteiger partial charge is 0.295 e. The van der Waals surface area contributed by atoms with Crippen LogP contribution in [0.5, 0.6) is 0 Å². The van der Waals surface area contributed by atoms with Crippen molar-refractivity contribution in [2.75, 3.05) is 18.9 Å². The number of piperidine rings is 1. The summed E-state index contributed by atoms with van der Waals surface area (Å²) in [5.41, 5.74) is 0.194. The van der Waals surface area contributed by atoms with Crippen LogP contribution >= 0.6 is 0 Å². The summed E-state index contributed by atoms with van der Waals surface area (Å²) in [7, 11) is 2.07. The van der Waals surface area contributed by atoms with E-state index in [4.69, 9.17) is 0 Å². The minimum Gasteiger partial charge on any atom is -0.377 e. The predicted molar refractivity (Wildman–Crippen MR) is 71.8 cm³/mol. The van der Waals surface area contributed by atoms with Crippen molar-refractivity contribution in [3.8, 4) is 0 Å². The number of anilines is 1. The van der Waals surface area contributed by atoms with E-state index >= 15 is 0 Å². The van der Waals surface area contributed by atoms with Crippen LogP contribution in [-0.4, -0.2) is 35.5 Å². The molecule has 1 saturated heterocycles. The standard InChI is InChI=1S/C13H18FN3O2/c1-9-7-11(5-6-16(9)2)15-12-4-3-10(14)8-13(12)17(18)19/h3-4,8-9,11,15H,5-7H2,1-2H3. The zero-order chi connectivity index (χ0) is 14.0.